The first-order chi connectivity index (χ1) is 40.2. The highest BCUT2D eigenvalue weighted by atomic mass is 15.0. The standard InChI is InChI=1S/C70H30N12/c1-77-53-15-19-56(52(27-53)40-76)46-12-22-66-60(29-46)62-31-48(58-20-16-54(78-2)34-64(58)80-4)14-24-68(62)82(66)70-33-44(8-10-50(70)38-74)43-7-9-49(37-73)69(32-43)81-65-21-11-45(55-17-5-41(35-71)25-51(55)39-75)28-59(65)61-30-47(13-23-67(61)81)57-18-6-42(36-72)26-63(57)79-3/h5-34H. The van der Waals surface area contributed by atoms with Crippen molar-refractivity contribution in [2.45, 2.75) is 0 Å². The van der Waals surface area contributed by atoms with E-state index in [1.807, 2.05) is 106 Å². The van der Waals surface area contributed by atoms with Gasteiger partial charge in [0, 0.05) is 32.7 Å². The predicted octanol–water partition coefficient (Wildman–Crippen LogP) is 17.6. The molecule has 370 valence electrons. The van der Waals surface area contributed by atoms with Crippen LogP contribution in [-0.4, -0.2) is 9.13 Å². The van der Waals surface area contributed by atoms with Gasteiger partial charge in [0.15, 0.2) is 22.7 Å². The Morgan fingerprint density at radius 2 is 0.634 bits per heavy atom. The maximum atomic E-state index is 10.9. The summed E-state index contributed by atoms with van der Waals surface area (Å²) in [5.41, 5.74) is 14.4. The molecule has 0 bridgehead atoms. The van der Waals surface area contributed by atoms with E-state index in [2.05, 4.69) is 55.8 Å². The Morgan fingerprint density at radius 3 is 1.05 bits per heavy atom. The molecule has 0 unspecified atom stereocenters. The molecule has 10 aromatic carbocycles. The number of nitriles is 6. The van der Waals surface area contributed by atoms with Gasteiger partial charge in [-0.1, -0.05) is 78.9 Å². The maximum absolute atomic E-state index is 10.9. The summed E-state index contributed by atoms with van der Waals surface area (Å²) in [6.07, 6.45) is 0. The van der Waals surface area contributed by atoms with Crippen LogP contribution in [0.5, 0.6) is 0 Å². The highest BCUT2D eigenvalue weighted by molar-refractivity contribution is 6.14. The maximum Gasteiger partial charge on any atom is 0.196 e. The fourth-order valence-electron chi connectivity index (χ4n) is 11.0. The van der Waals surface area contributed by atoms with Gasteiger partial charge in [0.05, 0.1) is 106 Å². The normalized spacial score (nSPS) is 10.6. The van der Waals surface area contributed by atoms with Gasteiger partial charge >= 0.3 is 0 Å². The van der Waals surface area contributed by atoms with Crippen LogP contribution in [0.2, 0.25) is 0 Å². The quantitative estimate of drug-likeness (QED) is 0.144. The lowest BCUT2D eigenvalue weighted by Gasteiger charge is -2.15. The minimum absolute atomic E-state index is 0.313. The van der Waals surface area contributed by atoms with E-state index in [4.69, 9.17) is 26.3 Å². The molecule has 82 heavy (non-hydrogen) atoms. The second-order valence-electron chi connectivity index (χ2n) is 19.1. The molecular weight excluding hydrogens is 1010 g/mol. The van der Waals surface area contributed by atoms with Crippen molar-refractivity contribution in [2.24, 2.45) is 0 Å². The SMILES string of the molecule is [C-]#[N+]c1ccc(-c2ccc3c(c2)c2cc(-c4ccc([N+]#[C-])cc4[N+]#[C-])ccc2n3-c2cc(-c3ccc(C#N)c(-n4c5ccc(-c6ccc(C#N)cc6C#N)cc5c5cc(-c6ccc(C#N)cc6[N+]#[C-])ccc54)c3)ccc2C#N)c(C#N)c1. The van der Waals surface area contributed by atoms with Crippen LogP contribution in [-0.2, 0) is 0 Å². The number of hydrogen-bond donors (Lipinski definition) is 0. The van der Waals surface area contributed by atoms with Crippen molar-refractivity contribution in [3.8, 4) is 103 Å². The van der Waals surface area contributed by atoms with Gasteiger partial charge in [0.1, 0.15) is 12.1 Å². The molecule has 12 aromatic rings. The lowest BCUT2D eigenvalue weighted by molar-refractivity contribution is 1.16. The molecule has 0 amide bonds. The van der Waals surface area contributed by atoms with Crippen LogP contribution >= 0.6 is 0 Å². The second kappa shape index (κ2) is 20.0. The van der Waals surface area contributed by atoms with Crippen molar-refractivity contribution in [1.82, 2.24) is 9.13 Å². The Hall–Kier alpha value is -13.3. The third-order valence-electron chi connectivity index (χ3n) is 14.8. The van der Waals surface area contributed by atoms with Gasteiger partial charge in [0.2, 0.25) is 0 Å². The Labute approximate surface area is 469 Å². The zero-order valence-corrected chi connectivity index (χ0v) is 42.7. The lowest BCUT2D eigenvalue weighted by Crippen LogP contribution is -2.00. The molecule has 12 heteroatoms. The van der Waals surface area contributed by atoms with Gasteiger partial charge in [-0.05, 0) is 159 Å². The van der Waals surface area contributed by atoms with Crippen LogP contribution in [0.25, 0.3) is 130 Å². The first-order valence-corrected chi connectivity index (χ1v) is 25.1. The zero-order valence-electron chi connectivity index (χ0n) is 42.7. The Balaban J connectivity index is 1.07. The van der Waals surface area contributed by atoms with Gasteiger partial charge in [-0.25, -0.2) is 19.4 Å². The number of fused-ring (bicyclic) bond motifs is 6. The predicted molar refractivity (Wildman–Crippen MR) is 316 cm³/mol. The molecule has 2 heterocycles. The number of hydrogen-bond acceptors (Lipinski definition) is 6. The largest absolute Gasteiger partial charge is 0.308 e. The van der Waals surface area contributed by atoms with E-state index in [1.54, 1.807) is 84.9 Å². The van der Waals surface area contributed by atoms with Crippen molar-refractivity contribution < 1.29 is 0 Å². The Bertz CT molecular complexity index is 4710. The second-order valence-corrected chi connectivity index (χ2v) is 19.1. The Morgan fingerprint density at radius 1 is 0.280 bits per heavy atom. The highest BCUT2D eigenvalue weighted by Crippen LogP contribution is 2.44. The highest BCUT2D eigenvalue weighted by Gasteiger charge is 2.23. The molecule has 12 rings (SSSR count). The third-order valence-corrected chi connectivity index (χ3v) is 14.8. The molecule has 0 N–H and O–H groups in total. The molecule has 0 aliphatic heterocycles. The van der Waals surface area contributed by atoms with Crippen LogP contribution in [0.3, 0.4) is 0 Å². The molecule has 0 saturated heterocycles. The van der Waals surface area contributed by atoms with Crippen LogP contribution < -0.4 is 0 Å². The van der Waals surface area contributed by atoms with E-state index in [9.17, 15) is 31.6 Å². The van der Waals surface area contributed by atoms with Crippen LogP contribution in [0.15, 0.2) is 182 Å². The molecule has 0 saturated carbocycles. The summed E-state index contributed by atoms with van der Waals surface area (Å²) >= 11 is 0. The van der Waals surface area contributed by atoms with Gasteiger partial charge in [0.25, 0.3) is 0 Å². The Kier molecular flexibility index (Phi) is 12.1. The van der Waals surface area contributed by atoms with Gasteiger partial charge in [-0.2, -0.15) is 31.6 Å². The van der Waals surface area contributed by atoms with E-state index in [0.29, 0.717) is 89.8 Å². The smallest absolute Gasteiger partial charge is 0.196 e. The summed E-state index contributed by atoms with van der Waals surface area (Å²) in [6, 6.07) is 68.1. The molecule has 0 radical (unpaired) electrons. The summed E-state index contributed by atoms with van der Waals surface area (Å²) < 4.78 is 4.05. The molecule has 0 spiro atoms. The molecule has 0 atom stereocenters. The van der Waals surface area contributed by atoms with Crippen LogP contribution in [0, 0.1) is 94.3 Å². The van der Waals surface area contributed by atoms with Crippen LogP contribution in [0.4, 0.5) is 22.7 Å². The first-order valence-electron chi connectivity index (χ1n) is 25.1. The molecule has 2 aromatic heterocycles. The van der Waals surface area contributed by atoms with Crippen molar-refractivity contribution >= 4 is 66.4 Å². The molecule has 0 aliphatic carbocycles. The number of rotatable bonds is 7. The van der Waals surface area contributed by atoms with E-state index in [0.717, 1.165) is 77.0 Å². The van der Waals surface area contributed by atoms with Crippen molar-refractivity contribution in [2.75, 3.05) is 0 Å². The topological polar surface area (TPSA) is 170 Å². The fourth-order valence-corrected chi connectivity index (χ4v) is 11.0. The summed E-state index contributed by atoms with van der Waals surface area (Å²) in [5, 5.41) is 64.6. The van der Waals surface area contributed by atoms with Crippen molar-refractivity contribution in [3.63, 3.8) is 0 Å². The van der Waals surface area contributed by atoms with E-state index in [1.165, 1.54) is 0 Å². The zero-order chi connectivity index (χ0) is 56.8. The molecule has 0 fully saturated rings. The number of nitrogens with zero attached hydrogens (tertiary/aromatic N) is 12. The van der Waals surface area contributed by atoms with E-state index >= 15 is 0 Å². The molecule has 12 nitrogen and oxygen atoms in total. The molecular formula is C70H30N12. The lowest BCUT2D eigenvalue weighted by atomic mass is 9.96. The summed E-state index contributed by atoms with van der Waals surface area (Å²) in [4.78, 5) is 14.6. The average Bonchev–Trinajstić information content (AvgIpc) is 4.27. The van der Waals surface area contributed by atoms with Gasteiger partial charge in [-0.15, -0.1) is 0 Å². The minimum Gasteiger partial charge on any atom is -0.308 e. The minimum atomic E-state index is 0.313. The molecule has 0 aliphatic rings. The van der Waals surface area contributed by atoms with E-state index < -0.39 is 0 Å². The van der Waals surface area contributed by atoms with E-state index in [-0.39, 0.29) is 0 Å². The van der Waals surface area contributed by atoms with Gasteiger partial charge in [-0.3, -0.25) is 0 Å². The number of aromatic nitrogens is 2. The first kappa shape index (κ1) is 49.6. The monoisotopic (exact) mass is 1040 g/mol. The van der Waals surface area contributed by atoms with Crippen LogP contribution in [0.1, 0.15) is 33.4 Å². The fraction of sp³-hybridized carbons (Fsp3) is 0. The average molecular weight is 1040 g/mol. The number of benzene rings is 10. The summed E-state index contributed by atoms with van der Waals surface area (Å²) in [6.45, 7) is 31.1. The van der Waals surface area contributed by atoms with Crippen molar-refractivity contribution in [1.29, 1.82) is 31.6 Å². The summed E-state index contributed by atoms with van der Waals surface area (Å²) in [5.74, 6) is 0. The van der Waals surface area contributed by atoms with Crippen molar-refractivity contribution in [3.05, 3.63) is 261 Å². The third kappa shape index (κ3) is 8.09. The summed E-state index contributed by atoms with van der Waals surface area (Å²) in [7, 11) is 0. The van der Waals surface area contributed by atoms with Gasteiger partial charge < -0.3 is 9.13 Å².